The second-order valence-electron chi connectivity index (χ2n) is 4.70. The van der Waals surface area contributed by atoms with Gasteiger partial charge in [0.05, 0.1) is 0 Å². The minimum absolute atomic E-state index is 0.680. The molecule has 0 bridgehead atoms. The number of fused-ring (bicyclic) bond motifs is 1. The highest BCUT2D eigenvalue weighted by molar-refractivity contribution is 9.10. The molecule has 0 aliphatic heterocycles. The van der Waals surface area contributed by atoms with Crippen LogP contribution < -0.4 is 4.74 Å². The number of hydrogen-bond donors (Lipinski definition) is 0. The zero-order valence-electron chi connectivity index (χ0n) is 10.6. The number of rotatable bonds is 3. The van der Waals surface area contributed by atoms with Gasteiger partial charge in [0.15, 0.2) is 0 Å². The van der Waals surface area contributed by atoms with Crippen LogP contribution in [0.25, 0.3) is 10.8 Å². The minimum Gasteiger partial charge on any atom is -0.489 e. The summed E-state index contributed by atoms with van der Waals surface area (Å²) in [6, 6.07) is 12.5. The van der Waals surface area contributed by atoms with Gasteiger partial charge in [0.2, 0.25) is 0 Å². The number of halogens is 1. The Morgan fingerprint density at radius 3 is 2.95 bits per heavy atom. The van der Waals surface area contributed by atoms with Gasteiger partial charge in [0.25, 0.3) is 0 Å². The van der Waals surface area contributed by atoms with E-state index in [1.807, 2.05) is 12.1 Å². The van der Waals surface area contributed by atoms with Crippen molar-refractivity contribution in [3.8, 4) is 5.75 Å². The molecule has 96 valence electrons. The smallest absolute Gasteiger partial charge is 0.127 e. The van der Waals surface area contributed by atoms with Crippen molar-refractivity contribution < 1.29 is 4.74 Å². The summed E-state index contributed by atoms with van der Waals surface area (Å²) < 4.78 is 7.08. The van der Waals surface area contributed by atoms with Gasteiger partial charge in [-0.05, 0) is 48.1 Å². The lowest BCUT2D eigenvalue weighted by Gasteiger charge is -2.13. The van der Waals surface area contributed by atoms with Crippen LogP contribution in [0.15, 0.2) is 64.7 Å². The summed E-state index contributed by atoms with van der Waals surface area (Å²) >= 11 is 3.50. The summed E-state index contributed by atoms with van der Waals surface area (Å²) in [4.78, 5) is 0. The molecular weight excluding hydrogens is 300 g/mol. The number of allylic oxidation sites excluding steroid dienone is 3. The second-order valence-corrected chi connectivity index (χ2v) is 5.62. The van der Waals surface area contributed by atoms with Crippen LogP contribution in [0.3, 0.4) is 0 Å². The Labute approximate surface area is 121 Å². The highest BCUT2D eigenvalue weighted by Crippen LogP contribution is 2.28. The molecule has 0 saturated carbocycles. The Bertz CT molecular complexity index is 655. The van der Waals surface area contributed by atoms with E-state index in [2.05, 4.69) is 58.4 Å². The van der Waals surface area contributed by atoms with Crippen LogP contribution in [0, 0.1) is 0 Å². The SMILES string of the molecule is Brc1ccc2c(OCC3=CC=CCC3)cccc2c1. The monoisotopic (exact) mass is 314 g/mol. The first-order valence-electron chi connectivity index (χ1n) is 6.48. The zero-order chi connectivity index (χ0) is 13.1. The van der Waals surface area contributed by atoms with Gasteiger partial charge >= 0.3 is 0 Å². The molecule has 1 aliphatic carbocycles. The Kier molecular flexibility index (Phi) is 3.69. The van der Waals surface area contributed by atoms with E-state index in [9.17, 15) is 0 Å². The maximum absolute atomic E-state index is 5.98. The van der Waals surface area contributed by atoms with Gasteiger partial charge in [-0.1, -0.05) is 46.3 Å². The first kappa shape index (κ1) is 12.5. The van der Waals surface area contributed by atoms with Crippen LogP contribution in [0.2, 0.25) is 0 Å². The Balaban J connectivity index is 1.84. The van der Waals surface area contributed by atoms with Gasteiger partial charge in [0.1, 0.15) is 12.4 Å². The molecule has 2 heteroatoms. The predicted molar refractivity (Wildman–Crippen MR) is 83.6 cm³/mol. The van der Waals surface area contributed by atoms with Gasteiger partial charge in [-0.25, -0.2) is 0 Å². The molecule has 0 unspecified atom stereocenters. The van der Waals surface area contributed by atoms with E-state index < -0.39 is 0 Å². The van der Waals surface area contributed by atoms with E-state index in [0.29, 0.717) is 6.61 Å². The van der Waals surface area contributed by atoms with Crippen molar-refractivity contribution in [1.82, 2.24) is 0 Å². The van der Waals surface area contributed by atoms with Crippen LogP contribution in [-0.4, -0.2) is 6.61 Å². The first-order valence-corrected chi connectivity index (χ1v) is 7.28. The first-order chi connectivity index (χ1) is 9.33. The lowest BCUT2D eigenvalue weighted by Crippen LogP contribution is -2.02. The molecule has 0 saturated heterocycles. The van der Waals surface area contributed by atoms with Gasteiger partial charge in [-0.3, -0.25) is 0 Å². The van der Waals surface area contributed by atoms with Crippen molar-refractivity contribution in [1.29, 1.82) is 0 Å². The summed E-state index contributed by atoms with van der Waals surface area (Å²) in [5.74, 6) is 0.959. The van der Waals surface area contributed by atoms with E-state index in [0.717, 1.165) is 28.5 Å². The maximum atomic E-state index is 5.98. The molecule has 2 aromatic carbocycles. The van der Waals surface area contributed by atoms with Gasteiger partial charge in [-0.2, -0.15) is 0 Å². The molecule has 0 radical (unpaired) electrons. The number of ether oxygens (including phenoxy) is 1. The van der Waals surface area contributed by atoms with E-state index in [4.69, 9.17) is 4.74 Å². The molecule has 0 fully saturated rings. The molecule has 3 rings (SSSR count). The summed E-state index contributed by atoms with van der Waals surface area (Å²) in [5.41, 5.74) is 1.36. The van der Waals surface area contributed by atoms with E-state index in [1.165, 1.54) is 11.0 Å². The van der Waals surface area contributed by atoms with Crippen LogP contribution in [0.1, 0.15) is 12.8 Å². The van der Waals surface area contributed by atoms with Crippen LogP contribution in [0.5, 0.6) is 5.75 Å². The van der Waals surface area contributed by atoms with Crippen molar-refractivity contribution in [2.45, 2.75) is 12.8 Å². The molecule has 2 aromatic rings. The fourth-order valence-electron chi connectivity index (χ4n) is 2.29. The normalized spacial score (nSPS) is 14.5. The Morgan fingerprint density at radius 1 is 1.16 bits per heavy atom. The second kappa shape index (κ2) is 5.62. The molecule has 1 nitrogen and oxygen atoms in total. The van der Waals surface area contributed by atoms with Gasteiger partial charge in [0, 0.05) is 9.86 Å². The Hall–Kier alpha value is -1.54. The highest BCUT2D eigenvalue weighted by atomic mass is 79.9. The molecule has 0 heterocycles. The van der Waals surface area contributed by atoms with Gasteiger partial charge < -0.3 is 4.74 Å². The standard InChI is InChI=1S/C17H15BrO/c18-15-9-10-16-14(11-15)7-4-8-17(16)19-12-13-5-2-1-3-6-13/h1-2,4-5,7-11H,3,6,12H2. The van der Waals surface area contributed by atoms with Crippen molar-refractivity contribution in [3.05, 3.63) is 64.7 Å². The van der Waals surface area contributed by atoms with Crippen molar-refractivity contribution >= 4 is 26.7 Å². The topological polar surface area (TPSA) is 9.23 Å². The molecule has 0 atom stereocenters. The molecule has 0 aromatic heterocycles. The molecule has 1 aliphatic rings. The number of hydrogen-bond acceptors (Lipinski definition) is 1. The van der Waals surface area contributed by atoms with E-state index in [-0.39, 0.29) is 0 Å². The molecule has 0 spiro atoms. The van der Waals surface area contributed by atoms with Crippen LogP contribution in [0.4, 0.5) is 0 Å². The minimum atomic E-state index is 0.680. The number of benzene rings is 2. The average Bonchev–Trinajstić information content (AvgIpc) is 2.45. The highest BCUT2D eigenvalue weighted by Gasteiger charge is 2.05. The lowest BCUT2D eigenvalue weighted by molar-refractivity contribution is 0.351. The molecular formula is C17H15BrO. The summed E-state index contributed by atoms with van der Waals surface area (Å²) in [6.45, 7) is 0.680. The lowest BCUT2D eigenvalue weighted by atomic mass is 10.1. The third-order valence-electron chi connectivity index (χ3n) is 3.32. The fourth-order valence-corrected chi connectivity index (χ4v) is 2.67. The van der Waals surface area contributed by atoms with E-state index >= 15 is 0 Å². The summed E-state index contributed by atoms with van der Waals surface area (Å²) in [7, 11) is 0. The van der Waals surface area contributed by atoms with Gasteiger partial charge in [-0.15, -0.1) is 0 Å². The van der Waals surface area contributed by atoms with Crippen molar-refractivity contribution in [2.24, 2.45) is 0 Å². The van der Waals surface area contributed by atoms with E-state index in [1.54, 1.807) is 0 Å². The zero-order valence-corrected chi connectivity index (χ0v) is 12.2. The van der Waals surface area contributed by atoms with Crippen LogP contribution >= 0.6 is 15.9 Å². The fraction of sp³-hybridized carbons (Fsp3) is 0.176. The summed E-state index contributed by atoms with van der Waals surface area (Å²) in [6.07, 6.45) is 8.69. The Morgan fingerprint density at radius 2 is 2.11 bits per heavy atom. The quantitative estimate of drug-likeness (QED) is 0.751. The molecule has 0 amide bonds. The van der Waals surface area contributed by atoms with Crippen molar-refractivity contribution in [3.63, 3.8) is 0 Å². The van der Waals surface area contributed by atoms with Crippen LogP contribution in [-0.2, 0) is 0 Å². The predicted octanol–water partition coefficient (Wildman–Crippen LogP) is 5.26. The molecule has 0 N–H and O–H groups in total. The summed E-state index contributed by atoms with van der Waals surface area (Å²) in [5, 5.41) is 2.36. The average molecular weight is 315 g/mol. The van der Waals surface area contributed by atoms with Crippen molar-refractivity contribution in [2.75, 3.05) is 6.61 Å². The molecule has 19 heavy (non-hydrogen) atoms. The third-order valence-corrected chi connectivity index (χ3v) is 3.81. The largest absolute Gasteiger partial charge is 0.489 e. The third kappa shape index (κ3) is 2.90. The maximum Gasteiger partial charge on any atom is 0.127 e.